The Morgan fingerprint density at radius 2 is 2.00 bits per heavy atom. The van der Waals surface area contributed by atoms with Crippen molar-refractivity contribution in [3.63, 3.8) is 0 Å². The van der Waals surface area contributed by atoms with E-state index in [-0.39, 0.29) is 5.78 Å². The molecule has 0 bridgehead atoms. The number of nitrogens with one attached hydrogen (secondary N) is 1. The smallest absolute Gasteiger partial charge is 0.162 e. The fourth-order valence-corrected chi connectivity index (χ4v) is 1.21. The Morgan fingerprint density at radius 3 is 2.53 bits per heavy atom. The van der Waals surface area contributed by atoms with E-state index in [0.717, 1.165) is 17.9 Å². The van der Waals surface area contributed by atoms with E-state index >= 15 is 0 Å². The third kappa shape index (κ3) is 3.72. The first-order valence-electron chi connectivity index (χ1n) is 5.18. The summed E-state index contributed by atoms with van der Waals surface area (Å²) in [6.07, 6.45) is 0.542. The van der Waals surface area contributed by atoms with Gasteiger partial charge in [-0.25, -0.2) is 0 Å². The number of benzene rings is 1. The average Bonchev–Trinajstić information content (AvgIpc) is 2.29. The third-order valence-corrected chi connectivity index (χ3v) is 2.12. The summed E-state index contributed by atoms with van der Waals surface area (Å²) >= 11 is 0. The van der Waals surface area contributed by atoms with Crippen LogP contribution in [0.15, 0.2) is 24.3 Å². The molecule has 0 spiro atoms. The normalized spacial score (nSPS) is 10.0. The summed E-state index contributed by atoms with van der Waals surface area (Å²) < 4.78 is 5.44. The van der Waals surface area contributed by atoms with E-state index < -0.39 is 0 Å². The van der Waals surface area contributed by atoms with Gasteiger partial charge in [-0.1, -0.05) is 6.92 Å². The van der Waals surface area contributed by atoms with Crippen LogP contribution in [0.2, 0.25) is 0 Å². The second-order valence-corrected chi connectivity index (χ2v) is 3.25. The van der Waals surface area contributed by atoms with Gasteiger partial charge in [-0.3, -0.25) is 4.79 Å². The molecule has 0 aliphatic rings. The number of hydrogen-bond donors (Lipinski definition) is 1. The lowest BCUT2D eigenvalue weighted by Gasteiger charge is -2.05. The van der Waals surface area contributed by atoms with Crippen molar-refractivity contribution >= 4 is 5.78 Å². The molecule has 0 unspecified atom stereocenters. The van der Waals surface area contributed by atoms with Crippen molar-refractivity contribution in [2.45, 2.75) is 13.3 Å². The monoisotopic (exact) mass is 207 g/mol. The van der Waals surface area contributed by atoms with E-state index in [0.29, 0.717) is 13.0 Å². The molecule has 3 nitrogen and oxygen atoms in total. The fourth-order valence-electron chi connectivity index (χ4n) is 1.21. The maximum atomic E-state index is 11.3. The second kappa shape index (κ2) is 6.19. The number of ether oxygens (including phenoxy) is 1. The highest BCUT2D eigenvalue weighted by atomic mass is 16.5. The summed E-state index contributed by atoms with van der Waals surface area (Å²) in [4.78, 5) is 11.3. The molecule has 82 valence electrons. The quantitative estimate of drug-likeness (QED) is 0.571. The summed E-state index contributed by atoms with van der Waals surface area (Å²) in [5, 5.41) is 3.00. The lowest BCUT2D eigenvalue weighted by Crippen LogP contribution is -2.15. The van der Waals surface area contributed by atoms with Crippen LogP contribution in [0.1, 0.15) is 23.7 Å². The molecule has 0 aliphatic carbocycles. The summed E-state index contributed by atoms with van der Waals surface area (Å²) in [5.41, 5.74) is 0.749. The van der Waals surface area contributed by atoms with Crippen molar-refractivity contribution in [2.24, 2.45) is 0 Å². The Hall–Kier alpha value is -1.35. The van der Waals surface area contributed by atoms with Crippen molar-refractivity contribution in [1.29, 1.82) is 0 Å². The zero-order valence-corrected chi connectivity index (χ0v) is 9.25. The Balaban J connectivity index is 2.52. The van der Waals surface area contributed by atoms with Crippen LogP contribution in [0, 0.1) is 0 Å². The van der Waals surface area contributed by atoms with Crippen molar-refractivity contribution < 1.29 is 9.53 Å². The van der Waals surface area contributed by atoms with Gasteiger partial charge < -0.3 is 10.1 Å². The highest BCUT2D eigenvalue weighted by Gasteiger charge is 2.02. The molecule has 0 aromatic heterocycles. The molecule has 1 aromatic carbocycles. The van der Waals surface area contributed by atoms with Crippen molar-refractivity contribution in [1.82, 2.24) is 5.32 Å². The van der Waals surface area contributed by atoms with E-state index in [4.69, 9.17) is 4.74 Å². The van der Waals surface area contributed by atoms with Crippen LogP contribution >= 0.6 is 0 Å². The minimum atomic E-state index is 0.164. The van der Waals surface area contributed by atoms with E-state index in [1.54, 1.807) is 12.1 Å². The van der Waals surface area contributed by atoms with Gasteiger partial charge in [-0.15, -0.1) is 0 Å². The molecule has 0 fully saturated rings. The van der Waals surface area contributed by atoms with Gasteiger partial charge in [0.15, 0.2) is 5.78 Å². The summed E-state index contributed by atoms with van der Waals surface area (Å²) in [6, 6.07) is 7.28. The number of likely N-dealkylation sites (N-methyl/N-ethyl adjacent to an activating group) is 1. The van der Waals surface area contributed by atoms with Crippen LogP contribution in [0.3, 0.4) is 0 Å². The number of hydrogen-bond acceptors (Lipinski definition) is 3. The predicted octanol–water partition coefficient (Wildman–Crippen LogP) is 1.88. The highest BCUT2D eigenvalue weighted by molar-refractivity contribution is 5.95. The van der Waals surface area contributed by atoms with Gasteiger partial charge in [-0.05, 0) is 31.3 Å². The van der Waals surface area contributed by atoms with Gasteiger partial charge in [0.2, 0.25) is 0 Å². The highest BCUT2D eigenvalue weighted by Crippen LogP contribution is 2.13. The molecule has 0 amide bonds. The lowest BCUT2D eigenvalue weighted by atomic mass is 10.1. The first-order valence-corrected chi connectivity index (χ1v) is 5.18. The maximum Gasteiger partial charge on any atom is 0.162 e. The minimum absolute atomic E-state index is 0.164. The Morgan fingerprint density at radius 1 is 1.33 bits per heavy atom. The molecule has 0 aliphatic heterocycles. The Kier molecular flexibility index (Phi) is 4.84. The zero-order valence-electron chi connectivity index (χ0n) is 9.25. The number of carbonyl (C=O) groups excluding carboxylic acids is 1. The molecule has 0 saturated carbocycles. The topological polar surface area (TPSA) is 38.3 Å². The molecule has 3 heteroatoms. The number of ketones is 1. The van der Waals surface area contributed by atoms with Crippen molar-refractivity contribution in [2.75, 3.05) is 20.2 Å². The standard InChI is InChI=1S/C12H17NO2/c1-3-12(14)10-4-6-11(7-5-10)15-9-8-13-2/h4-7,13H,3,8-9H2,1-2H3. The number of Topliss-reactive ketones (excluding diaryl/α,β-unsaturated/α-hetero) is 1. The molecule has 15 heavy (non-hydrogen) atoms. The molecule has 0 radical (unpaired) electrons. The van der Waals surface area contributed by atoms with Gasteiger partial charge >= 0.3 is 0 Å². The van der Waals surface area contributed by atoms with E-state index in [9.17, 15) is 4.79 Å². The average molecular weight is 207 g/mol. The minimum Gasteiger partial charge on any atom is -0.492 e. The molecule has 1 aromatic rings. The van der Waals surface area contributed by atoms with Crippen molar-refractivity contribution in [3.8, 4) is 5.75 Å². The summed E-state index contributed by atoms with van der Waals surface area (Å²) in [7, 11) is 1.88. The van der Waals surface area contributed by atoms with Crippen LogP contribution in [-0.4, -0.2) is 26.0 Å². The SMILES string of the molecule is CCC(=O)c1ccc(OCCNC)cc1. The third-order valence-electron chi connectivity index (χ3n) is 2.12. The zero-order chi connectivity index (χ0) is 11.1. The van der Waals surface area contributed by atoms with Crippen LogP contribution in [-0.2, 0) is 0 Å². The largest absolute Gasteiger partial charge is 0.492 e. The molecular formula is C12H17NO2. The van der Waals surface area contributed by atoms with Gasteiger partial charge in [-0.2, -0.15) is 0 Å². The molecule has 1 rings (SSSR count). The predicted molar refractivity (Wildman–Crippen MR) is 60.5 cm³/mol. The molecule has 0 saturated heterocycles. The van der Waals surface area contributed by atoms with Crippen molar-refractivity contribution in [3.05, 3.63) is 29.8 Å². The first kappa shape index (κ1) is 11.7. The van der Waals surface area contributed by atoms with Crippen LogP contribution in [0.25, 0.3) is 0 Å². The number of carbonyl (C=O) groups is 1. The molecule has 0 atom stereocenters. The number of rotatable bonds is 6. The van der Waals surface area contributed by atoms with Crippen LogP contribution in [0.4, 0.5) is 0 Å². The van der Waals surface area contributed by atoms with E-state index in [1.807, 2.05) is 26.1 Å². The molecular weight excluding hydrogens is 190 g/mol. The Bertz CT molecular complexity index is 306. The van der Waals surface area contributed by atoms with Gasteiger partial charge in [0, 0.05) is 18.5 Å². The second-order valence-electron chi connectivity index (χ2n) is 3.25. The maximum absolute atomic E-state index is 11.3. The van der Waals surface area contributed by atoms with Crippen LogP contribution in [0.5, 0.6) is 5.75 Å². The van der Waals surface area contributed by atoms with Gasteiger partial charge in [0.05, 0.1) is 0 Å². The lowest BCUT2D eigenvalue weighted by molar-refractivity contribution is 0.0988. The fraction of sp³-hybridized carbons (Fsp3) is 0.417. The van der Waals surface area contributed by atoms with Gasteiger partial charge in [0.25, 0.3) is 0 Å². The van der Waals surface area contributed by atoms with E-state index in [1.165, 1.54) is 0 Å². The van der Waals surface area contributed by atoms with Crippen LogP contribution < -0.4 is 10.1 Å². The molecule has 0 heterocycles. The summed E-state index contributed by atoms with van der Waals surface area (Å²) in [6.45, 7) is 3.31. The van der Waals surface area contributed by atoms with Gasteiger partial charge in [0.1, 0.15) is 12.4 Å². The Labute approximate surface area is 90.4 Å². The van der Waals surface area contributed by atoms with E-state index in [2.05, 4.69) is 5.32 Å². The molecule has 1 N–H and O–H groups in total. The summed E-state index contributed by atoms with van der Waals surface area (Å²) in [5.74, 6) is 0.967. The first-order chi connectivity index (χ1) is 7.27.